The summed E-state index contributed by atoms with van der Waals surface area (Å²) in [7, 11) is 0. The van der Waals surface area contributed by atoms with Crippen LogP contribution in [0.3, 0.4) is 0 Å². The molecule has 0 spiro atoms. The number of nitrogen functional groups attached to an aromatic ring is 1. The summed E-state index contributed by atoms with van der Waals surface area (Å²) in [5.74, 6) is 0.213. The second-order valence-corrected chi connectivity index (χ2v) is 8.76. The molecule has 1 heterocycles. The van der Waals surface area contributed by atoms with Crippen molar-refractivity contribution >= 4 is 29.6 Å². The first-order valence-electron chi connectivity index (χ1n) is 11.3. The van der Waals surface area contributed by atoms with Gasteiger partial charge in [-0.05, 0) is 35.6 Å². The molecule has 3 aromatic rings. The van der Waals surface area contributed by atoms with Crippen molar-refractivity contribution in [3.63, 3.8) is 0 Å². The molecule has 0 aliphatic heterocycles. The number of rotatable bonds is 13. The van der Waals surface area contributed by atoms with Crippen molar-refractivity contribution in [3.8, 4) is 0 Å². The van der Waals surface area contributed by atoms with Crippen LogP contribution in [0.15, 0.2) is 79.1 Å². The fraction of sp³-hybridized carbons (Fsp3) is 0.231. The molecule has 0 aliphatic carbocycles. The Morgan fingerprint density at radius 2 is 1.69 bits per heavy atom. The minimum absolute atomic E-state index is 0.00285. The summed E-state index contributed by atoms with van der Waals surface area (Å²) in [4.78, 5) is 29.3. The number of aryl methyl sites for hydroxylation is 1. The zero-order valence-corrected chi connectivity index (χ0v) is 20.2. The van der Waals surface area contributed by atoms with Gasteiger partial charge in [0.15, 0.2) is 0 Å². The van der Waals surface area contributed by atoms with Crippen LogP contribution in [0.25, 0.3) is 0 Å². The van der Waals surface area contributed by atoms with Gasteiger partial charge in [0.25, 0.3) is 0 Å². The highest BCUT2D eigenvalue weighted by molar-refractivity contribution is 7.96. The van der Waals surface area contributed by atoms with Gasteiger partial charge in [0, 0.05) is 30.3 Å². The van der Waals surface area contributed by atoms with Crippen LogP contribution in [0.5, 0.6) is 0 Å². The predicted molar refractivity (Wildman–Crippen MR) is 140 cm³/mol. The van der Waals surface area contributed by atoms with Crippen molar-refractivity contribution in [1.29, 1.82) is 5.41 Å². The molecule has 1 atom stereocenters. The third-order valence-corrected chi connectivity index (χ3v) is 6.17. The van der Waals surface area contributed by atoms with Crippen molar-refractivity contribution in [3.05, 3.63) is 101 Å². The van der Waals surface area contributed by atoms with Crippen LogP contribution >= 0.6 is 11.9 Å². The smallest absolute Gasteiger partial charge is 0.239 e. The number of pyridine rings is 1. The van der Waals surface area contributed by atoms with Gasteiger partial charge in [0.2, 0.25) is 11.8 Å². The zero-order chi connectivity index (χ0) is 24.9. The van der Waals surface area contributed by atoms with Crippen molar-refractivity contribution in [2.45, 2.75) is 31.2 Å². The van der Waals surface area contributed by atoms with Gasteiger partial charge in [-0.2, -0.15) is 0 Å². The Morgan fingerprint density at radius 1 is 0.943 bits per heavy atom. The fourth-order valence-electron chi connectivity index (χ4n) is 3.26. The van der Waals surface area contributed by atoms with Gasteiger partial charge in [0.1, 0.15) is 5.84 Å². The number of aromatic nitrogens is 1. The van der Waals surface area contributed by atoms with E-state index < -0.39 is 6.04 Å². The van der Waals surface area contributed by atoms with Crippen LogP contribution < -0.4 is 21.1 Å². The number of benzene rings is 2. The predicted octanol–water partition coefficient (Wildman–Crippen LogP) is 2.54. The summed E-state index contributed by atoms with van der Waals surface area (Å²) in [6.45, 7) is 0.210. The molecule has 9 heteroatoms. The lowest BCUT2D eigenvalue weighted by molar-refractivity contribution is -0.127. The number of nitrogens with zero attached hydrogens (tertiary/aromatic N) is 1. The van der Waals surface area contributed by atoms with E-state index in [0.29, 0.717) is 24.9 Å². The van der Waals surface area contributed by atoms with Crippen LogP contribution in [0.2, 0.25) is 0 Å². The zero-order valence-electron chi connectivity index (χ0n) is 19.4. The molecule has 8 nitrogen and oxygen atoms in total. The normalized spacial score (nSPS) is 11.4. The molecule has 35 heavy (non-hydrogen) atoms. The molecule has 0 bridgehead atoms. The van der Waals surface area contributed by atoms with Crippen LogP contribution in [-0.4, -0.2) is 35.2 Å². The number of carbonyl (C=O) groups is 2. The van der Waals surface area contributed by atoms with E-state index in [9.17, 15) is 9.59 Å². The average Bonchev–Trinajstić information content (AvgIpc) is 2.89. The van der Waals surface area contributed by atoms with E-state index in [1.807, 2.05) is 42.5 Å². The average molecular weight is 491 g/mol. The van der Waals surface area contributed by atoms with Crippen molar-refractivity contribution in [2.75, 3.05) is 6.54 Å². The first-order valence-corrected chi connectivity index (χ1v) is 12.3. The van der Waals surface area contributed by atoms with Gasteiger partial charge >= 0.3 is 0 Å². The topological polar surface area (TPSA) is 133 Å². The standard InChI is InChI=1S/C26H30N6O2S/c27-25(28)22-11-8-20(9-12-22)16-30-24(33)17-31-26(34)23(13-10-19-7-4-14-29-15-19)32-35-18-21-5-2-1-3-6-21/h1-9,11-12,14-15,23,32H,10,13,16-18H2,(H3,27,28)(H,30,33)(H,31,34). The van der Waals surface area contributed by atoms with Gasteiger partial charge in [0.05, 0.1) is 12.6 Å². The van der Waals surface area contributed by atoms with Gasteiger partial charge in [-0.1, -0.05) is 72.6 Å². The molecular formula is C26H30N6O2S. The van der Waals surface area contributed by atoms with Crippen molar-refractivity contribution in [1.82, 2.24) is 20.3 Å². The van der Waals surface area contributed by atoms with E-state index in [4.69, 9.17) is 11.1 Å². The second-order valence-electron chi connectivity index (χ2n) is 7.95. The molecule has 2 amide bonds. The molecule has 0 radical (unpaired) electrons. The number of hydrogen-bond acceptors (Lipinski definition) is 6. The molecule has 0 aliphatic rings. The lowest BCUT2D eigenvalue weighted by Crippen LogP contribution is -2.45. The number of hydrogen-bond donors (Lipinski definition) is 5. The Labute approximate surface area is 209 Å². The van der Waals surface area contributed by atoms with E-state index in [-0.39, 0.29) is 24.2 Å². The van der Waals surface area contributed by atoms with Gasteiger partial charge in [-0.15, -0.1) is 0 Å². The second kappa shape index (κ2) is 13.9. The summed E-state index contributed by atoms with van der Waals surface area (Å²) in [5, 5.41) is 13.0. The maximum Gasteiger partial charge on any atom is 0.239 e. The number of nitrogens with two attached hydrogens (primary N) is 1. The third-order valence-electron chi connectivity index (χ3n) is 5.25. The number of amides is 2. The molecule has 1 unspecified atom stereocenters. The van der Waals surface area contributed by atoms with Crippen LogP contribution in [0.1, 0.15) is 28.7 Å². The van der Waals surface area contributed by atoms with E-state index in [1.54, 1.807) is 36.7 Å². The molecule has 0 saturated carbocycles. The minimum Gasteiger partial charge on any atom is -0.384 e. The van der Waals surface area contributed by atoms with Crippen LogP contribution in [0.4, 0.5) is 0 Å². The summed E-state index contributed by atoms with van der Waals surface area (Å²) >= 11 is 1.47. The molecule has 0 saturated heterocycles. The maximum atomic E-state index is 12.9. The molecule has 0 fully saturated rings. The first kappa shape index (κ1) is 25.9. The Hall–Kier alpha value is -3.69. The lowest BCUT2D eigenvalue weighted by atomic mass is 10.1. The molecule has 6 N–H and O–H groups in total. The quantitative estimate of drug-likeness (QED) is 0.142. The SMILES string of the molecule is N=C(N)c1ccc(CNC(=O)CNC(=O)C(CCc2cccnc2)NSCc2ccccc2)cc1. The Balaban J connectivity index is 1.48. The van der Waals surface area contributed by atoms with Gasteiger partial charge in [-0.3, -0.25) is 24.7 Å². The van der Waals surface area contributed by atoms with E-state index in [1.165, 1.54) is 11.9 Å². The van der Waals surface area contributed by atoms with E-state index in [2.05, 4.69) is 20.3 Å². The summed E-state index contributed by atoms with van der Waals surface area (Å²) in [6.07, 6.45) is 4.77. The highest BCUT2D eigenvalue weighted by Crippen LogP contribution is 2.12. The Bertz CT molecular complexity index is 1090. The summed E-state index contributed by atoms with van der Waals surface area (Å²) in [5.41, 5.74) is 9.17. The van der Waals surface area contributed by atoms with Crippen LogP contribution in [-0.2, 0) is 28.3 Å². The number of amidine groups is 1. The summed E-state index contributed by atoms with van der Waals surface area (Å²) < 4.78 is 3.26. The maximum absolute atomic E-state index is 12.9. The van der Waals surface area contributed by atoms with E-state index in [0.717, 1.165) is 22.4 Å². The highest BCUT2D eigenvalue weighted by atomic mass is 32.2. The molecular weight excluding hydrogens is 460 g/mol. The molecule has 2 aromatic carbocycles. The lowest BCUT2D eigenvalue weighted by Gasteiger charge is -2.18. The minimum atomic E-state index is -0.462. The van der Waals surface area contributed by atoms with E-state index >= 15 is 0 Å². The highest BCUT2D eigenvalue weighted by Gasteiger charge is 2.19. The number of nitrogens with one attached hydrogen (secondary N) is 4. The third kappa shape index (κ3) is 9.23. The summed E-state index contributed by atoms with van der Waals surface area (Å²) in [6, 6.07) is 20.5. The Morgan fingerprint density at radius 3 is 2.37 bits per heavy atom. The van der Waals surface area contributed by atoms with Gasteiger partial charge < -0.3 is 16.4 Å². The van der Waals surface area contributed by atoms with Crippen LogP contribution in [0, 0.1) is 5.41 Å². The first-order chi connectivity index (χ1) is 17.0. The Kier molecular flexibility index (Phi) is 10.3. The fourth-order valence-corrected chi connectivity index (χ4v) is 4.12. The van der Waals surface area contributed by atoms with Crippen molar-refractivity contribution in [2.24, 2.45) is 5.73 Å². The van der Waals surface area contributed by atoms with Gasteiger partial charge in [-0.25, -0.2) is 0 Å². The number of carbonyl (C=O) groups excluding carboxylic acids is 2. The molecule has 182 valence electrons. The monoisotopic (exact) mass is 490 g/mol. The largest absolute Gasteiger partial charge is 0.384 e. The molecule has 1 aromatic heterocycles. The molecule has 3 rings (SSSR count). The van der Waals surface area contributed by atoms with Crippen molar-refractivity contribution < 1.29 is 9.59 Å².